The molecule has 39 heavy (non-hydrogen) atoms. The van der Waals surface area contributed by atoms with Crippen LogP contribution in [-0.2, 0) is 0 Å². The lowest BCUT2D eigenvalue weighted by molar-refractivity contribution is 0.0839. The van der Waals surface area contributed by atoms with Crippen LogP contribution in [0, 0.1) is 35.2 Å². The van der Waals surface area contributed by atoms with Gasteiger partial charge in [-0.25, -0.2) is 8.78 Å². The van der Waals surface area contributed by atoms with Crippen molar-refractivity contribution in [2.45, 2.75) is 57.8 Å². The fraction of sp³-hybridized carbons (Fsp3) is 0.375. The molecule has 7 heteroatoms. The van der Waals surface area contributed by atoms with Crippen molar-refractivity contribution < 1.29 is 17.9 Å². The van der Waals surface area contributed by atoms with E-state index in [0.717, 1.165) is 48.2 Å². The Morgan fingerprint density at radius 3 is 1.97 bits per heavy atom. The van der Waals surface area contributed by atoms with Crippen molar-refractivity contribution in [2.24, 2.45) is 35.0 Å². The van der Waals surface area contributed by atoms with Crippen LogP contribution in [0.15, 0.2) is 60.7 Å². The minimum atomic E-state index is -2.13. The van der Waals surface area contributed by atoms with Crippen LogP contribution in [0.4, 0.5) is 13.2 Å². The number of hydrogen-bond acceptors (Lipinski definition) is 4. The van der Waals surface area contributed by atoms with Crippen LogP contribution in [0.3, 0.4) is 0 Å². The first-order chi connectivity index (χ1) is 18.6. The van der Waals surface area contributed by atoms with Gasteiger partial charge < -0.3 is 4.74 Å². The van der Waals surface area contributed by atoms with Crippen LogP contribution in [0.1, 0.15) is 57.4 Å². The van der Waals surface area contributed by atoms with Crippen molar-refractivity contribution >= 4 is 5.57 Å². The van der Waals surface area contributed by atoms with E-state index in [4.69, 9.17) is 21.9 Å². The van der Waals surface area contributed by atoms with E-state index in [1.54, 1.807) is 30.3 Å². The fourth-order valence-corrected chi connectivity index (χ4v) is 6.11. The molecule has 0 bridgehead atoms. The monoisotopic (exact) mass is 535 g/mol. The van der Waals surface area contributed by atoms with Crippen LogP contribution in [0.25, 0.3) is 27.8 Å². The molecule has 4 nitrogen and oxygen atoms in total. The van der Waals surface area contributed by atoms with Crippen molar-refractivity contribution in [1.82, 2.24) is 0 Å². The molecule has 2 aliphatic rings. The molecular weight excluding hydrogens is 499 g/mol. The normalized spacial score (nSPS) is 21.9. The Morgan fingerprint density at radius 1 is 0.718 bits per heavy atom. The van der Waals surface area contributed by atoms with E-state index in [2.05, 4.69) is 13.0 Å². The lowest BCUT2D eigenvalue weighted by Gasteiger charge is -2.34. The van der Waals surface area contributed by atoms with Crippen LogP contribution < -0.4 is 21.9 Å². The lowest BCUT2D eigenvalue weighted by atomic mass is 9.71. The van der Waals surface area contributed by atoms with Crippen LogP contribution in [-0.4, -0.2) is 5.97 Å². The molecule has 5 rings (SSSR count). The molecule has 3 aromatic rings. The Labute approximate surface area is 228 Å². The van der Waals surface area contributed by atoms with Gasteiger partial charge in [0.1, 0.15) is 5.82 Å². The van der Waals surface area contributed by atoms with Crippen LogP contribution in [0.2, 0.25) is 0 Å². The first kappa shape index (κ1) is 27.4. The van der Waals surface area contributed by atoms with Gasteiger partial charge in [-0.2, -0.15) is 4.39 Å². The smallest absolute Gasteiger partial charge is 0.271 e. The summed E-state index contributed by atoms with van der Waals surface area (Å²) in [7, 11) is 0. The second-order valence-corrected chi connectivity index (χ2v) is 11.3. The van der Waals surface area contributed by atoms with E-state index < -0.39 is 23.4 Å². The molecule has 2 aliphatic carbocycles. The Morgan fingerprint density at radius 2 is 1.36 bits per heavy atom. The Balaban J connectivity index is 1.29. The summed E-state index contributed by atoms with van der Waals surface area (Å²) in [4.78, 5) is 0. The molecule has 0 amide bonds. The predicted octanol–water partition coefficient (Wildman–Crippen LogP) is 7.31. The second kappa shape index (κ2) is 11.2. The van der Waals surface area contributed by atoms with E-state index in [0.29, 0.717) is 16.7 Å². The van der Waals surface area contributed by atoms with Gasteiger partial charge in [0.25, 0.3) is 5.97 Å². The molecule has 3 aromatic carbocycles. The number of benzene rings is 3. The maximum Gasteiger partial charge on any atom is 0.271 e. The number of hydrogen-bond donors (Lipinski definition) is 3. The standard InChI is InChI=1S/C32H36F3N3O/c1-19-2-4-20(5-3-19)21-6-10-23(11-7-21)26-15-14-25(18-28(26)33)22-8-12-24(13-9-22)27-16-17-29(31(35)30(27)34)39-32(36,37)38/h8-10,12-21H,2-7,11,36-38H2,1H3. The average molecular weight is 536 g/mol. The van der Waals surface area contributed by atoms with Crippen LogP contribution in [0.5, 0.6) is 5.75 Å². The van der Waals surface area contributed by atoms with Crippen molar-refractivity contribution in [3.8, 4) is 28.0 Å². The minimum Gasteiger partial charge on any atom is -0.444 e. The molecule has 1 saturated carbocycles. The molecule has 0 spiro atoms. The van der Waals surface area contributed by atoms with E-state index in [1.165, 1.54) is 37.8 Å². The lowest BCUT2D eigenvalue weighted by Crippen LogP contribution is -2.62. The fourth-order valence-electron chi connectivity index (χ4n) is 6.11. The molecule has 0 radical (unpaired) electrons. The van der Waals surface area contributed by atoms with Crippen molar-refractivity contribution in [2.75, 3.05) is 0 Å². The summed E-state index contributed by atoms with van der Waals surface area (Å²) in [5, 5.41) is 0. The van der Waals surface area contributed by atoms with Gasteiger partial charge in [-0.3, -0.25) is 17.2 Å². The predicted molar refractivity (Wildman–Crippen MR) is 150 cm³/mol. The van der Waals surface area contributed by atoms with E-state index in [-0.39, 0.29) is 11.4 Å². The largest absolute Gasteiger partial charge is 0.444 e. The van der Waals surface area contributed by atoms with Gasteiger partial charge in [0.15, 0.2) is 11.6 Å². The molecule has 1 unspecified atom stereocenters. The average Bonchev–Trinajstić information content (AvgIpc) is 2.91. The first-order valence-electron chi connectivity index (χ1n) is 13.7. The molecular formula is C32H36F3N3O. The molecule has 0 aliphatic heterocycles. The summed E-state index contributed by atoms with van der Waals surface area (Å²) in [6, 6.07) is 14.7. The third-order valence-corrected chi connectivity index (χ3v) is 8.36. The minimum absolute atomic E-state index is 0.0369. The summed E-state index contributed by atoms with van der Waals surface area (Å²) in [5.41, 5.74) is 19.7. The highest BCUT2D eigenvalue weighted by Crippen LogP contribution is 2.42. The summed E-state index contributed by atoms with van der Waals surface area (Å²) >= 11 is 0. The second-order valence-electron chi connectivity index (χ2n) is 11.3. The van der Waals surface area contributed by atoms with Gasteiger partial charge in [-0.15, -0.1) is 0 Å². The highest BCUT2D eigenvalue weighted by Gasteiger charge is 2.28. The van der Waals surface area contributed by atoms with Crippen molar-refractivity contribution in [1.29, 1.82) is 0 Å². The van der Waals surface area contributed by atoms with Gasteiger partial charge in [0, 0.05) is 11.1 Å². The Hall–Kier alpha value is -3.13. The first-order valence-corrected chi connectivity index (χ1v) is 13.7. The summed E-state index contributed by atoms with van der Waals surface area (Å²) in [6.07, 6.45) is 10.7. The quantitative estimate of drug-likeness (QED) is 0.289. The number of rotatable bonds is 6. The Kier molecular flexibility index (Phi) is 7.85. The van der Waals surface area contributed by atoms with Gasteiger partial charge in [-0.1, -0.05) is 62.2 Å². The number of halogens is 3. The summed E-state index contributed by atoms with van der Waals surface area (Å²) < 4.78 is 49.3. The molecule has 0 aromatic heterocycles. The molecule has 1 atom stereocenters. The molecule has 6 N–H and O–H groups in total. The van der Waals surface area contributed by atoms with Crippen molar-refractivity contribution in [3.63, 3.8) is 0 Å². The molecule has 0 saturated heterocycles. The zero-order valence-corrected chi connectivity index (χ0v) is 22.2. The number of allylic oxidation sites excluding steroid dienone is 2. The molecule has 206 valence electrons. The number of ether oxygens (including phenoxy) is 1. The zero-order chi connectivity index (χ0) is 27.7. The van der Waals surface area contributed by atoms with E-state index in [1.807, 2.05) is 12.1 Å². The highest BCUT2D eigenvalue weighted by atomic mass is 19.2. The SMILES string of the molecule is CC1CCC(C2CC=C(c3ccc(-c4ccc(-c5ccc(OC(N)(N)N)c(F)c5F)cc4)cc3F)CC2)CC1. The zero-order valence-electron chi connectivity index (χ0n) is 22.2. The molecule has 1 fully saturated rings. The molecule has 0 heterocycles. The topological polar surface area (TPSA) is 87.3 Å². The third-order valence-electron chi connectivity index (χ3n) is 8.36. The number of nitrogens with two attached hydrogens (primary N) is 3. The maximum absolute atomic E-state index is 15.2. The summed E-state index contributed by atoms with van der Waals surface area (Å²) in [5.74, 6) is -2.82. The summed E-state index contributed by atoms with van der Waals surface area (Å²) in [6.45, 7) is 2.35. The highest BCUT2D eigenvalue weighted by molar-refractivity contribution is 5.74. The van der Waals surface area contributed by atoms with Gasteiger partial charge in [-0.05, 0) is 90.3 Å². The maximum atomic E-state index is 15.2. The van der Waals surface area contributed by atoms with Gasteiger partial charge >= 0.3 is 0 Å². The van der Waals surface area contributed by atoms with Crippen molar-refractivity contribution in [3.05, 3.63) is 83.7 Å². The van der Waals surface area contributed by atoms with E-state index in [9.17, 15) is 8.78 Å². The van der Waals surface area contributed by atoms with Crippen LogP contribution >= 0.6 is 0 Å². The van der Waals surface area contributed by atoms with Gasteiger partial charge in [0.05, 0.1) is 0 Å². The Bertz CT molecular complexity index is 1360. The third kappa shape index (κ3) is 6.21. The van der Waals surface area contributed by atoms with E-state index >= 15 is 4.39 Å². The van der Waals surface area contributed by atoms with Gasteiger partial charge in [0.2, 0.25) is 5.82 Å².